The average molecular weight is 257 g/mol. The number of amides is 1. The van der Waals surface area contributed by atoms with E-state index in [-0.39, 0.29) is 6.54 Å². The molecule has 5 N–H and O–H groups in total. The zero-order chi connectivity index (χ0) is 12.8. The molecule has 0 fully saturated rings. The summed E-state index contributed by atoms with van der Waals surface area (Å²) in [7, 11) is 0. The Kier molecular flexibility index (Phi) is 4.88. The highest BCUT2D eigenvalue weighted by atomic mass is 32.1. The molecule has 0 aliphatic carbocycles. The lowest BCUT2D eigenvalue weighted by Gasteiger charge is -2.13. The minimum Gasteiger partial charge on any atom is -0.390 e. The maximum Gasteiger partial charge on any atom is 0.275 e. The van der Waals surface area contributed by atoms with E-state index in [1.165, 1.54) is 12.1 Å². The summed E-state index contributed by atoms with van der Waals surface area (Å²) >= 11 is 0.999. The Morgan fingerprint density at radius 3 is 2.94 bits per heavy atom. The third-order valence-corrected chi connectivity index (χ3v) is 3.12. The molecule has 0 saturated heterocycles. The van der Waals surface area contributed by atoms with Gasteiger partial charge in [-0.3, -0.25) is 10.2 Å². The van der Waals surface area contributed by atoms with Crippen LogP contribution in [0.15, 0.2) is 17.2 Å². The molecule has 2 unspecified atom stereocenters. The summed E-state index contributed by atoms with van der Waals surface area (Å²) in [6, 6.07) is 2.98. The minimum atomic E-state index is -1.21. The fourth-order valence-corrected chi connectivity index (χ4v) is 2.07. The maximum atomic E-state index is 11.2. The molecule has 1 aromatic rings. The number of nitrogens with one attached hydrogen (secondary N) is 1. The van der Waals surface area contributed by atoms with Crippen LogP contribution in [0.2, 0.25) is 0 Å². The number of rotatable bonds is 5. The Morgan fingerprint density at radius 1 is 1.65 bits per heavy atom. The van der Waals surface area contributed by atoms with E-state index < -0.39 is 18.1 Å². The summed E-state index contributed by atoms with van der Waals surface area (Å²) in [5, 5.41) is 22.3. The van der Waals surface area contributed by atoms with E-state index in [1.807, 2.05) is 5.43 Å². The molecule has 1 aromatic heterocycles. The van der Waals surface area contributed by atoms with Crippen LogP contribution in [0, 0.1) is 0 Å². The summed E-state index contributed by atoms with van der Waals surface area (Å²) in [5.74, 6) is 4.48. The second-order valence-corrected chi connectivity index (χ2v) is 4.22. The molecule has 0 spiro atoms. The standard InChI is InChI=1S/C8H11N5O3S/c9-12-8(16)6-2-1-5(17-6)7(15)4(14)3-11-13-10/h1-2,4,7,14-15H,3,9H2,(H,12,16). The second-order valence-electron chi connectivity index (χ2n) is 3.10. The molecule has 1 amide bonds. The van der Waals surface area contributed by atoms with Gasteiger partial charge in [-0.25, -0.2) is 5.84 Å². The number of azide groups is 1. The van der Waals surface area contributed by atoms with E-state index in [2.05, 4.69) is 10.0 Å². The maximum absolute atomic E-state index is 11.2. The van der Waals surface area contributed by atoms with E-state index >= 15 is 0 Å². The molecule has 9 heteroatoms. The largest absolute Gasteiger partial charge is 0.390 e. The predicted octanol–water partition coefficient (Wildman–Crippen LogP) is 0.0562. The zero-order valence-corrected chi connectivity index (χ0v) is 9.46. The van der Waals surface area contributed by atoms with E-state index in [0.717, 1.165) is 11.3 Å². The highest BCUT2D eigenvalue weighted by molar-refractivity contribution is 7.14. The van der Waals surface area contributed by atoms with Crippen molar-refractivity contribution in [1.29, 1.82) is 0 Å². The number of hydrogen-bond donors (Lipinski definition) is 4. The fraction of sp³-hybridized carbons (Fsp3) is 0.375. The molecule has 0 aliphatic heterocycles. The van der Waals surface area contributed by atoms with Gasteiger partial charge >= 0.3 is 0 Å². The van der Waals surface area contributed by atoms with Crippen LogP contribution < -0.4 is 11.3 Å². The van der Waals surface area contributed by atoms with Crippen LogP contribution in [-0.2, 0) is 0 Å². The van der Waals surface area contributed by atoms with E-state index in [0.29, 0.717) is 9.75 Å². The third kappa shape index (κ3) is 3.41. The van der Waals surface area contributed by atoms with Gasteiger partial charge in [0.2, 0.25) is 0 Å². The normalized spacial score (nSPS) is 13.6. The van der Waals surface area contributed by atoms with Crippen LogP contribution >= 0.6 is 11.3 Å². The van der Waals surface area contributed by atoms with Crippen LogP contribution in [0.3, 0.4) is 0 Å². The Balaban J connectivity index is 2.75. The van der Waals surface area contributed by atoms with Crippen molar-refractivity contribution in [3.8, 4) is 0 Å². The number of nitrogen functional groups attached to an aromatic ring is 1. The van der Waals surface area contributed by atoms with Gasteiger partial charge in [-0.1, -0.05) is 5.11 Å². The van der Waals surface area contributed by atoms with Gasteiger partial charge in [0.25, 0.3) is 5.91 Å². The quantitative estimate of drug-likeness (QED) is 0.147. The monoisotopic (exact) mass is 257 g/mol. The van der Waals surface area contributed by atoms with Crippen molar-refractivity contribution >= 4 is 17.2 Å². The number of carbonyl (C=O) groups is 1. The lowest BCUT2D eigenvalue weighted by molar-refractivity contribution is 0.0266. The van der Waals surface area contributed by atoms with Gasteiger partial charge in [0, 0.05) is 9.79 Å². The Labute approximate surface area is 100 Å². The molecule has 2 atom stereocenters. The van der Waals surface area contributed by atoms with Crippen LogP contribution in [0.5, 0.6) is 0 Å². The van der Waals surface area contributed by atoms with Gasteiger partial charge in [0.05, 0.1) is 17.5 Å². The van der Waals surface area contributed by atoms with Gasteiger partial charge in [-0.15, -0.1) is 11.3 Å². The third-order valence-electron chi connectivity index (χ3n) is 1.97. The Bertz CT molecular complexity index is 442. The van der Waals surface area contributed by atoms with E-state index in [4.69, 9.17) is 11.4 Å². The summed E-state index contributed by atoms with van der Waals surface area (Å²) in [4.78, 5) is 14.3. The first kappa shape index (κ1) is 13.4. The van der Waals surface area contributed by atoms with E-state index in [1.54, 1.807) is 0 Å². The van der Waals surface area contributed by atoms with Crippen molar-refractivity contribution in [1.82, 2.24) is 5.43 Å². The first-order valence-electron chi connectivity index (χ1n) is 4.57. The van der Waals surface area contributed by atoms with Crippen LogP contribution in [0.25, 0.3) is 10.4 Å². The highest BCUT2D eigenvalue weighted by Crippen LogP contribution is 2.25. The van der Waals surface area contributed by atoms with Crippen molar-refractivity contribution in [2.24, 2.45) is 11.0 Å². The van der Waals surface area contributed by atoms with Gasteiger partial charge in [-0.05, 0) is 17.7 Å². The number of hydrazine groups is 1. The van der Waals surface area contributed by atoms with Crippen molar-refractivity contribution in [3.05, 3.63) is 32.3 Å². The topological polar surface area (TPSA) is 144 Å². The summed E-state index contributed by atoms with van der Waals surface area (Å²) < 4.78 is 0. The molecule has 1 rings (SSSR count). The van der Waals surface area contributed by atoms with Crippen molar-refractivity contribution < 1.29 is 15.0 Å². The average Bonchev–Trinajstić information content (AvgIpc) is 2.83. The first-order valence-corrected chi connectivity index (χ1v) is 5.39. The number of carbonyl (C=O) groups excluding carboxylic acids is 1. The minimum absolute atomic E-state index is 0.242. The SMILES string of the molecule is [N-]=[N+]=NCC(O)C(O)c1ccc(C(=O)NN)s1. The van der Waals surface area contributed by atoms with Crippen LogP contribution in [0.4, 0.5) is 0 Å². The molecule has 0 bridgehead atoms. The van der Waals surface area contributed by atoms with Crippen molar-refractivity contribution in [3.63, 3.8) is 0 Å². The summed E-state index contributed by atoms with van der Waals surface area (Å²) in [6.07, 6.45) is -2.41. The van der Waals surface area contributed by atoms with E-state index in [9.17, 15) is 15.0 Å². The van der Waals surface area contributed by atoms with Gasteiger partial charge in [0.15, 0.2) is 0 Å². The number of aliphatic hydroxyl groups is 2. The molecule has 1 heterocycles. The fourth-order valence-electron chi connectivity index (χ4n) is 1.11. The van der Waals surface area contributed by atoms with Crippen LogP contribution in [-0.4, -0.2) is 28.8 Å². The van der Waals surface area contributed by atoms with Gasteiger partial charge in [-0.2, -0.15) is 0 Å². The van der Waals surface area contributed by atoms with Gasteiger partial charge in [0.1, 0.15) is 6.10 Å². The predicted molar refractivity (Wildman–Crippen MR) is 61.0 cm³/mol. The lowest BCUT2D eigenvalue weighted by atomic mass is 10.2. The second kappa shape index (κ2) is 6.18. The molecular weight excluding hydrogens is 246 g/mol. The molecule has 0 radical (unpaired) electrons. The molecule has 8 nitrogen and oxygen atoms in total. The molecule has 0 aromatic carbocycles. The number of aliphatic hydroxyl groups excluding tert-OH is 2. The molecule has 0 saturated carbocycles. The van der Waals surface area contributed by atoms with Gasteiger partial charge < -0.3 is 10.2 Å². The summed E-state index contributed by atoms with van der Waals surface area (Å²) in [6.45, 7) is -0.242. The Morgan fingerprint density at radius 2 is 2.35 bits per heavy atom. The van der Waals surface area contributed by atoms with Crippen LogP contribution in [0.1, 0.15) is 20.7 Å². The molecular formula is C8H11N5O3S. The summed E-state index contributed by atoms with van der Waals surface area (Å²) in [5.41, 5.74) is 10.0. The molecule has 17 heavy (non-hydrogen) atoms. The number of hydrogen-bond acceptors (Lipinski definition) is 6. The number of thiophene rings is 1. The Hall–Kier alpha value is -1.64. The smallest absolute Gasteiger partial charge is 0.275 e. The zero-order valence-electron chi connectivity index (χ0n) is 8.65. The lowest BCUT2D eigenvalue weighted by Crippen LogP contribution is -2.29. The van der Waals surface area contributed by atoms with Crippen molar-refractivity contribution in [2.75, 3.05) is 6.54 Å². The molecule has 0 aliphatic rings. The van der Waals surface area contributed by atoms with Crippen molar-refractivity contribution in [2.45, 2.75) is 12.2 Å². The first-order chi connectivity index (χ1) is 8.10. The number of nitrogens with zero attached hydrogens (tertiary/aromatic N) is 3. The number of nitrogens with two attached hydrogens (primary N) is 1. The highest BCUT2D eigenvalue weighted by Gasteiger charge is 2.20. The molecule has 92 valence electrons.